The molecule has 1 unspecified atom stereocenters. The van der Waals surface area contributed by atoms with E-state index in [1.54, 1.807) is 0 Å². The summed E-state index contributed by atoms with van der Waals surface area (Å²) < 4.78 is 6.42. The van der Waals surface area contributed by atoms with E-state index in [9.17, 15) is 9.59 Å². The van der Waals surface area contributed by atoms with Crippen molar-refractivity contribution in [2.75, 3.05) is 13.2 Å². The van der Waals surface area contributed by atoms with E-state index in [4.69, 9.17) is 4.74 Å². The maximum Gasteiger partial charge on any atom is 0.258 e. The highest BCUT2D eigenvalue weighted by Crippen LogP contribution is 2.32. The van der Waals surface area contributed by atoms with Crippen LogP contribution in [-0.2, 0) is 9.59 Å². The average Bonchev–Trinajstić information content (AvgIpc) is 2.76. The van der Waals surface area contributed by atoms with Gasteiger partial charge in [0.2, 0.25) is 5.91 Å². The topological polar surface area (TPSA) is 67.4 Å². The molecule has 1 atom stereocenters. The fourth-order valence-corrected chi connectivity index (χ4v) is 3.66. The number of nitrogens with one attached hydrogen (secondary N) is 2. The molecule has 0 aromatic heterocycles. The quantitative estimate of drug-likeness (QED) is 0.530. The van der Waals surface area contributed by atoms with E-state index >= 15 is 0 Å². The van der Waals surface area contributed by atoms with Gasteiger partial charge in [0.1, 0.15) is 5.75 Å². The number of carbonyl (C=O) groups excluding carboxylic acids is 2. The van der Waals surface area contributed by atoms with E-state index < -0.39 is 0 Å². The highest BCUT2D eigenvalue weighted by Gasteiger charge is 2.14. The van der Waals surface area contributed by atoms with Crippen LogP contribution in [0.4, 0.5) is 0 Å². The Hall–Kier alpha value is -2.86. The molecule has 150 valence electrons. The molecule has 0 spiro atoms. The number of benzene rings is 3. The van der Waals surface area contributed by atoms with E-state index in [1.165, 1.54) is 0 Å². The zero-order valence-corrected chi connectivity index (χ0v) is 17.7. The van der Waals surface area contributed by atoms with E-state index in [-0.39, 0.29) is 31.0 Å². The Morgan fingerprint density at radius 3 is 2.45 bits per heavy atom. The summed E-state index contributed by atoms with van der Waals surface area (Å²) in [7, 11) is 0. The third kappa shape index (κ3) is 5.57. The summed E-state index contributed by atoms with van der Waals surface area (Å²) in [5.41, 5.74) is 1.04. The molecular weight excluding hydrogens is 432 g/mol. The summed E-state index contributed by atoms with van der Waals surface area (Å²) in [6.07, 6.45) is 0.767. The van der Waals surface area contributed by atoms with Crippen LogP contribution in [0.3, 0.4) is 0 Å². The van der Waals surface area contributed by atoms with Crippen LogP contribution in [0, 0.1) is 0 Å². The first kappa shape index (κ1) is 20.9. The van der Waals surface area contributed by atoms with Crippen LogP contribution in [0.2, 0.25) is 0 Å². The van der Waals surface area contributed by atoms with Gasteiger partial charge in [-0.3, -0.25) is 9.59 Å². The fourth-order valence-electron chi connectivity index (χ4n) is 3.05. The summed E-state index contributed by atoms with van der Waals surface area (Å²) in [6.45, 7) is 1.75. The Morgan fingerprint density at radius 2 is 1.69 bits per heavy atom. The molecule has 0 heterocycles. The highest BCUT2D eigenvalue weighted by molar-refractivity contribution is 9.10. The molecule has 6 heteroatoms. The van der Waals surface area contributed by atoms with Gasteiger partial charge in [-0.25, -0.2) is 0 Å². The number of ether oxygens (including phenoxy) is 1. The Kier molecular flexibility index (Phi) is 7.25. The van der Waals surface area contributed by atoms with Gasteiger partial charge in [-0.05, 0) is 44.8 Å². The predicted octanol–water partition coefficient (Wildman–Crippen LogP) is 4.36. The molecule has 0 bridgehead atoms. The Morgan fingerprint density at radius 1 is 0.966 bits per heavy atom. The first-order valence-corrected chi connectivity index (χ1v) is 10.3. The molecule has 0 aliphatic rings. The minimum Gasteiger partial charge on any atom is -0.483 e. The van der Waals surface area contributed by atoms with Crippen molar-refractivity contribution in [1.29, 1.82) is 0 Å². The smallest absolute Gasteiger partial charge is 0.258 e. The first-order chi connectivity index (χ1) is 14.1. The lowest BCUT2D eigenvalue weighted by Gasteiger charge is -2.17. The molecule has 3 aromatic rings. The Bertz CT molecular complexity index is 992. The van der Waals surface area contributed by atoms with Crippen LogP contribution in [0.1, 0.15) is 24.9 Å². The lowest BCUT2D eigenvalue weighted by Crippen LogP contribution is -2.40. The number of carbonyl (C=O) groups is 2. The number of rotatable bonds is 8. The van der Waals surface area contributed by atoms with E-state index in [2.05, 4.69) is 26.6 Å². The molecule has 0 aliphatic carbocycles. The highest BCUT2D eigenvalue weighted by atomic mass is 79.9. The molecule has 2 N–H and O–H groups in total. The van der Waals surface area contributed by atoms with Crippen molar-refractivity contribution in [2.24, 2.45) is 0 Å². The third-order valence-electron chi connectivity index (χ3n) is 4.58. The van der Waals surface area contributed by atoms with Crippen LogP contribution in [0.25, 0.3) is 10.8 Å². The van der Waals surface area contributed by atoms with Crippen LogP contribution in [-0.4, -0.2) is 25.0 Å². The second-order valence-electron chi connectivity index (χ2n) is 6.60. The van der Waals surface area contributed by atoms with Gasteiger partial charge in [-0.2, -0.15) is 0 Å². The van der Waals surface area contributed by atoms with Gasteiger partial charge in [-0.15, -0.1) is 0 Å². The predicted molar refractivity (Wildman–Crippen MR) is 118 cm³/mol. The van der Waals surface area contributed by atoms with Crippen molar-refractivity contribution in [3.8, 4) is 5.75 Å². The van der Waals surface area contributed by atoms with Gasteiger partial charge < -0.3 is 15.4 Å². The van der Waals surface area contributed by atoms with E-state index in [0.29, 0.717) is 5.75 Å². The van der Waals surface area contributed by atoms with Crippen molar-refractivity contribution < 1.29 is 14.3 Å². The van der Waals surface area contributed by atoms with E-state index in [1.807, 2.05) is 73.7 Å². The fraction of sp³-hybridized carbons (Fsp3) is 0.217. The normalized spacial score (nSPS) is 11.7. The molecule has 3 rings (SSSR count). The lowest BCUT2D eigenvalue weighted by molar-refractivity contribution is -0.127. The number of hydrogen-bond donors (Lipinski definition) is 2. The average molecular weight is 455 g/mol. The van der Waals surface area contributed by atoms with Crippen molar-refractivity contribution in [3.63, 3.8) is 0 Å². The zero-order valence-electron chi connectivity index (χ0n) is 16.2. The van der Waals surface area contributed by atoms with Gasteiger partial charge >= 0.3 is 0 Å². The Balaban J connectivity index is 1.48. The molecule has 5 nitrogen and oxygen atoms in total. The maximum atomic E-state index is 12.2. The molecule has 0 saturated heterocycles. The van der Waals surface area contributed by atoms with Gasteiger partial charge in [0, 0.05) is 0 Å². The summed E-state index contributed by atoms with van der Waals surface area (Å²) in [5.74, 6) is -0.00710. The van der Waals surface area contributed by atoms with Crippen molar-refractivity contribution in [2.45, 2.75) is 19.4 Å². The van der Waals surface area contributed by atoms with Crippen molar-refractivity contribution >= 4 is 38.5 Å². The monoisotopic (exact) mass is 454 g/mol. The molecule has 3 aromatic carbocycles. The summed E-state index contributed by atoms with van der Waals surface area (Å²) in [5, 5.41) is 7.63. The molecule has 29 heavy (non-hydrogen) atoms. The molecule has 2 amide bonds. The number of amides is 2. The second kappa shape index (κ2) is 10.1. The van der Waals surface area contributed by atoms with E-state index in [0.717, 1.165) is 27.2 Å². The summed E-state index contributed by atoms with van der Waals surface area (Å²) in [4.78, 5) is 24.3. The third-order valence-corrected chi connectivity index (χ3v) is 5.40. The molecule has 0 fully saturated rings. The molecule has 0 saturated carbocycles. The van der Waals surface area contributed by atoms with Crippen LogP contribution in [0.5, 0.6) is 5.75 Å². The van der Waals surface area contributed by atoms with Gasteiger partial charge in [0.15, 0.2) is 6.61 Å². The van der Waals surface area contributed by atoms with Crippen LogP contribution in [0.15, 0.2) is 71.2 Å². The first-order valence-electron chi connectivity index (χ1n) is 9.49. The minimum absolute atomic E-state index is 0.0783. The minimum atomic E-state index is -0.354. The van der Waals surface area contributed by atoms with Gasteiger partial charge in [0.05, 0.1) is 17.1 Å². The second-order valence-corrected chi connectivity index (χ2v) is 7.40. The molecule has 0 radical (unpaired) electrons. The SMILES string of the molecule is CCC(NC(=O)CNC(=O)COc1ccc2ccccc2c1Br)c1ccccc1. The Labute approximate surface area is 178 Å². The molecular formula is C23H23BrN2O3. The van der Waals surface area contributed by atoms with Crippen LogP contribution >= 0.6 is 15.9 Å². The largest absolute Gasteiger partial charge is 0.483 e. The van der Waals surface area contributed by atoms with Crippen LogP contribution < -0.4 is 15.4 Å². The number of fused-ring (bicyclic) bond motifs is 1. The molecule has 0 aliphatic heterocycles. The number of hydrogen-bond acceptors (Lipinski definition) is 3. The van der Waals surface area contributed by atoms with Crippen molar-refractivity contribution in [3.05, 3.63) is 76.8 Å². The van der Waals surface area contributed by atoms with Crippen molar-refractivity contribution in [1.82, 2.24) is 10.6 Å². The lowest BCUT2D eigenvalue weighted by atomic mass is 10.0. The zero-order chi connectivity index (χ0) is 20.6. The number of halogens is 1. The summed E-state index contributed by atoms with van der Waals surface area (Å²) in [6, 6.07) is 21.3. The van der Waals surface area contributed by atoms with Gasteiger partial charge in [-0.1, -0.05) is 67.6 Å². The maximum absolute atomic E-state index is 12.2. The standard InChI is InChI=1S/C23H23BrN2O3/c1-2-19(17-9-4-3-5-10-17)26-21(27)14-25-22(28)15-29-20-13-12-16-8-6-7-11-18(16)23(20)24/h3-13,19H,2,14-15H2,1H3,(H,25,28)(H,26,27). The van der Waals surface area contributed by atoms with Gasteiger partial charge in [0.25, 0.3) is 5.91 Å². The summed E-state index contributed by atoms with van der Waals surface area (Å²) >= 11 is 3.53.